The largest absolute Gasteiger partial charge is 0.404 e. The van der Waals surface area contributed by atoms with Crippen LogP contribution in [0.15, 0.2) is 12.7 Å². The van der Waals surface area contributed by atoms with Crippen molar-refractivity contribution < 1.29 is 9.16 Å². The molecule has 0 aromatic rings. The van der Waals surface area contributed by atoms with Crippen molar-refractivity contribution in [3.63, 3.8) is 0 Å². The SMILES string of the molecule is C=CCOC(C)O[SiH3]. The minimum absolute atomic E-state index is 0.0559. The Labute approximate surface area is 53.0 Å². The van der Waals surface area contributed by atoms with Gasteiger partial charge >= 0.3 is 0 Å². The highest BCUT2D eigenvalue weighted by Crippen LogP contribution is 1.87. The first-order valence-corrected chi connectivity index (χ1v) is 3.38. The fraction of sp³-hybridized carbons (Fsp3) is 0.600. The van der Waals surface area contributed by atoms with Gasteiger partial charge < -0.3 is 9.16 Å². The van der Waals surface area contributed by atoms with Crippen LogP contribution in [0.4, 0.5) is 0 Å². The fourth-order valence-electron chi connectivity index (χ4n) is 0.272. The first kappa shape index (κ1) is 7.88. The molecule has 2 nitrogen and oxygen atoms in total. The van der Waals surface area contributed by atoms with Gasteiger partial charge in [0.05, 0.1) is 6.61 Å². The first-order valence-electron chi connectivity index (χ1n) is 2.56. The molecule has 1 unspecified atom stereocenters. The van der Waals surface area contributed by atoms with Crippen molar-refractivity contribution in [2.75, 3.05) is 6.61 Å². The van der Waals surface area contributed by atoms with Gasteiger partial charge in [0.1, 0.15) is 16.8 Å². The number of ether oxygens (including phenoxy) is 1. The number of hydrogen-bond donors (Lipinski definition) is 0. The summed E-state index contributed by atoms with van der Waals surface area (Å²) in [5.41, 5.74) is 0. The fourth-order valence-corrected chi connectivity index (χ4v) is 0.408. The topological polar surface area (TPSA) is 18.5 Å². The van der Waals surface area contributed by atoms with Crippen LogP contribution < -0.4 is 0 Å². The first-order chi connectivity index (χ1) is 3.81. The Morgan fingerprint density at radius 2 is 2.50 bits per heavy atom. The minimum atomic E-state index is -0.0559. The van der Waals surface area contributed by atoms with Gasteiger partial charge in [0.15, 0.2) is 0 Å². The summed E-state index contributed by atoms with van der Waals surface area (Å²) in [5, 5.41) is 0. The lowest BCUT2D eigenvalue weighted by Gasteiger charge is -2.07. The molecule has 48 valence electrons. The highest BCUT2D eigenvalue weighted by atomic mass is 28.2. The third-order valence-electron chi connectivity index (χ3n) is 0.781. The average Bonchev–Trinajstić information content (AvgIpc) is 1.83. The summed E-state index contributed by atoms with van der Waals surface area (Å²) in [6, 6.07) is 0. The van der Waals surface area contributed by atoms with Gasteiger partial charge in [0.25, 0.3) is 0 Å². The van der Waals surface area contributed by atoms with Gasteiger partial charge in [-0.2, -0.15) is 0 Å². The second-order valence-electron chi connectivity index (χ2n) is 1.43. The molecule has 0 aliphatic carbocycles. The van der Waals surface area contributed by atoms with Crippen molar-refractivity contribution in [1.29, 1.82) is 0 Å². The Hall–Kier alpha value is -0.123. The molecule has 0 fully saturated rings. The molecule has 0 aromatic carbocycles. The van der Waals surface area contributed by atoms with E-state index in [2.05, 4.69) is 6.58 Å². The van der Waals surface area contributed by atoms with Crippen LogP contribution in [-0.2, 0) is 9.16 Å². The molecule has 3 heteroatoms. The van der Waals surface area contributed by atoms with Crippen LogP contribution in [0.3, 0.4) is 0 Å². The molecule has 0 amide bonds. The highest BCUT2D eigenvalue weighted by molar-refractivity contribution is 5.98. The maximum atomic E-state index is 5.03. The summed E-state index contributed by atoms with van der Waals surface area (Å²) in [6.45, 7) is 5.94. The van der Waals surface area contributed by atoms with E-state index in [0.29, 0.717) is 6.61 Å². The Morgan fingerprint density at radius 3 is 2.88 bits per heavy atom. The Morgan fingerprint density at radius 1 is 1.88 bits per heavy atom. The van der Waals surface area contributed by atoms with Gasteiger partial charge in [-0.1, -0.05) is 6.08 Å². The molecule has 0 spiro atoms. The molecule has 8 heavy (non-hydrogen) atoms. The average molecular weight is 132 g/mol. The summed E-state index contributed by atoms with van der Waals surface area (Å²) in [5.74, 6) is 0. The van der Waals surface area contributed by atoms with E-state index in [0.717, 1.165) is 10.5 Å². The molecule has 0 saturated heterocycles. The smallest absolute Gasteiger partial charge is 0.149 e. The van der Waals surface area contributed by atoms with Crippen molar-refractivity contribution in [2.24, 2.45) is 0 Å². The third-order valence-corrected chi connectivity index (χ3v) is 1.44. The summed E-state index contributed by atoms with van der Waals surface area (Å²) in [6.07, 6.45) is 1.65. The molecule has 0 aliphatic heterocycles. The summed E-state index contributed by atoms with van der Waals surface area (Å²) in [7, 11) is 0.730. The summed E-state index contributed by atoms with van der Waals surface area (Å²) in [4.78, 5) is 0. The molecular weight excluding hydrogens is 120 g/mol. The van der Waals surface area contributed by atoms with Gasteiger partial charge in [-0.05, 0) is 6.92 Å². The summed E-state index contributed by atoms with van der Waals surface area (Å²) >= 11 is 0. The van der Waals surface area contributed by atoms with Crippen LogP contribution in [0.1, 0.15) is 6.92 Å². The van der Waals surface area contributed by atoms with E-state index in [1.165, 1.54) is 0 Å². The zero-order valence-corrected chi connectivity index (χ0v) is 7.39. The van der Waals surface area contributed by atoms with Crippen molar-refractivity contribution >= 4 is 10.5 Å². The van der Waals surface area contributed by atoms with E-state index in [1.807, 2.05) is 6.92 Å². The quantitative estimate of drug-likeness (QED) is 0.300. The predicted octanol–water partition coefficient (Wildman–Crippen LogP) is -0.168. The lowest BCUT2D eigenvalue weighted by molar-refractivity contribution is -0.0505. The maximum absolute atomic E-state index is 5.03. The van der Waals surface area contributed by atoms with Gasteiger partial charge in [-0.15, -0.1) is 6.58 Å². The van der Waals surface area contributed by atoms with Crippen LogP contribution in [0.5, 0.6) is 0 Å². The lowest BCUT2D eigenvalue weighted by Crippen LogP contribution is -2.10. The molecule has 0 radical (unpaired) electrons. The minimum Gasteiger partial charge on any atom is -0.404 e. The van der Waals surface area contributed by atoms with Gasteiger partial charge in [0.2, 0.25) is 0 Å². The van der Waals surface area contributed by atoms with Crippen molar-refractivity contribution in [2.45, 2.75) is 13.2 Å². The molecule has 0 N–H and O–H groups in total. The van der Waals surface area contributed by atoms with Crippen LogP contribution >= 0.6 is 0 Å². The second kappa shape index (κ2) is 5.02. The van der Waals surface area contributed by atoms with E-state index in [-0.39, 0.29) is 6.29 Å². The normalized spacial score (nSPS) is 13.6. The van der Waals surface area contributed by atoms with Crippen LogP contribution in [0, 0.1) is 0 Å². The highest BCUT2D eigenvalue weighted by Gasteiger charge is 1.92. The molecule has 1 atom stereocenters. The van der Waals surface area contributed by atoms with Crippen LogP contribution in [-0.4, -0.2) is 23.4 Å². The van der Waals surface area contributed by atoms with E-state index >= 15 is 0 Å². The Bertz CT molecular complexity index is 65.4. The second-order valence-corrected chi connectivity index (χ2v) is 1.90. The molecule has 0 rings (SSSR count). The Balaban J connectivity index is 2.97. The molecule has 0 heterocycles. The van der Waals surface area contributed by atoms with E-state index in [9.17, 15) is 0 Å². The predicted molar refractivity (Wildman–Crippen MR) is 36.6 cm³/mol. The number of rotatable bonds is 4. The standard InChI is InChI=1S/C5H12O2Si/c1-3-4-6-5(2)7-8/h3,5H,1,4H2,2,8H3. The van der Waals surface area contributed by atoms with Crippen molar-refractivity contribution in [3.8, 4) is 0 Å². The van der Waals surface area contributed by atoms with Gasteiger partial charge in [-0.25, -0.2) is 0 Å². The van der Waals surface area contributed by atoms with Crippen molar-refractivity contribution in [3.05, 3.63) is 12.7 Å². The Kier molecular flexibility index (Phi) is 4.95. The van der Waals surface area contributed by atoms with Crippen LogP contribution in [0.25, 0.3) is 0 Å². The van der Waals surface area contributed by atoms with Gasteiger partial charge in [0, 0.05) is 0 Å². The molecule has 0 aliphatic rings. The maximum Gasteiger partial charge on any atom is 0.149 e. The monoisotopic (exact) mass is 132 g/mol. The molecule has 0 bridgehead atoms. The molecule has 0 saturated carbocycles. The zero-order chi connectivity index (χ0) is 6.41. The third kappa shape index (κ3) is 4.05. The zero-order valence-electron chi connectivity index (χ0n) is 5.39. The van der Waals surface area contributed by atoms with Crippen LogP contribution in [0.2, 0.25) is 0 Å². The molecular formula is C5H12O2Si. The lowest BCUT2D eigenvalue weighted by atomic mass is 10.7. The van der Waals surface area contributed by atoms with E-state index < -0.39 is 0 Å². The van der Waals surface area contributed by atoms with E-state index in [4.69, 9.17) is 9.16 Å². The van der Waals surface area contributed by atoms with E-state index in [1.54, 1.807) is 6.08 Å². The van der Waals surface area contributed by atoms with Gasteiger partial charge in [-0.3, -0.25) is 0 Å². The van der Waals surface area contributed by atoms with Crippen molar-refractivity contribution in [1.82, 2.24) is 0 Å². The molecule has 0 aromatic heterocycles. The summed E-state index contributed by atoms with van der Waals surface area (Å²) < 4.78 is 9.96. The number of hydrogen-bond acceptors (Lipinski definition) is 2.